The molecule has 0 bridgehead atoms. The molecule has 0 saturated carbocycles. The van der Waals surface area contributed by atoms with E-state index in [9.17, 15) is 14.9 Å². The number of nitrogens with zero attached hydrogens (tertiary/aromatic N) is 4. The number of carbonyl (C=O) groups excluding carboxylic acids is 1. The third kappa shape index (κ3) is 4.36. The van der Waals surface area contributed by atoms with Crippen LogP contribution in [0.4, 0.5) is 17.2 Å². The summed E-state index contributed by atoms with van der Waals surface area (Å²) in [5, 5.41) is 17.2. The van der Waals surface area contributed by atoms with Crippen LogP contribution in [0.25, 0.3) is 0 Å². The Hall–Kier alpha value is -3.23. The largest absolute Gasteiger partial charge is 0.377 e. The molecule has 1 saturated heterocycles. The number of nitro groups is 1. The second-order valence-electron chi connectivity index (χ2n) is 6.69. The van der Waals surface area contributed by atoms with Gasteiger partial charge in [-0.15, -0.1) is 0 Å². The Labute approximate surface area is 163 Å². The lowest BCUT2D eigenvalue weighted by Gasteiger charge is -2.33. The number of anilines is 2. The summed E-state index contributed by atoms with van der Waals surface area (Å²) in [5.41, 5.74) is 1.63. The van der Waals surface area contributed by atoms with Gasteiger partial charge in [0.2, 0.25) is 0 Å². The minimum Gasteiger partial charge on any atom is -0.377 e. The zero-order chi connectivity index (χ0) is 20.1. The third-order valence-electron chi connectivity index (χ3n) is 4.93. The lowest BCUT2D eigenvalue weighted by molar-refractivity contribution is -0.384. The van der Waals surface area contributed by atoms with Crippen LogP contribution in [0.15, 0.2) is 30.6 Å². The third-order valence-corrected chi connectivity index (χ3v) is 4.93. The van der Waals surface area contributed by atoms with E-state index in [0.29, 0.717) is 5.69 Å². The highest BCUT2D eigenvalue weighted by Crippen LogP contribution is 2.28. The molecule has 1 aromatic heterocycles. The van der Waals surface area contributed by atoms with E-state index in [1.54, 1.807) is 18.5 Å². The number of carbonyl (C=O) groups is 1. The van der Waals surface area contributed by atoms with Gasteiger partial charge in [0, 0.05) is 49.6 Å². The summed E-state index contributed by atoms with van der Waals surface area (Å²) in [6, 6.07) is 6.64. The summed E-state index contributed by atoms with van der Waals surface area (Å²) >= 11 is 0. The highest BCUT2D eigenvalue weighted by Gasteiger charge is 2.24. The molecule has 0 aliphatic carbocycles. The van der Waals surface area contributed by atoms with Crippen molar-refractivity contribution in [3.63, 3.8) is 0 Å². The molecule has 1 fully saturated rings. The van der Waals surface area contributed by atoms with E-state index >= 15 is 0 Å². The molecule has 148 valence electrons. The van der Waals surface area contributed by atoms with Crippen molar-refractivity contribution in [2.45, 2.75) is 32.2 Å². The molecule has 1 aliphatic heterocycles. The maximum Gasteiger partial charge on any atom is 0.293 e. The zero-order valence-corrected chi connectivity index (χ0v) is 16.0. The van der Waals surface area contributed by atoms with Crippen LogP contribution in [0.2, 0.25) is 0 Å². The maximum absolute atomic E-state index is 11.7. The van der Waals surface area contributed by atoms with Crippen molar-refractivity contribution in [1.82, 2.24) is 15.3 Å². The molecular formula is C19H24N6O3. The first kappa shape index (κ1) is 19.5. The summed E-state index contributed by atoms with van der Waals surface area (Å²) in [6.07, 6.45) is 4.12. The van der Waals surface area contributed by atoms with E-state index in [1.165, 1.54) is 13.1 Å². The van der Waals surface area contributed by atoms with Gasteiger partial charge in [-0.1, -0.05) is 6.92 Å². The van der Waals surface area contributed by atoms with Gasteiger partial charge in [-0.3, -0.25) is 14.9 Å². The summed E-state index contributed by atoms with van der Waals surface area (Å²) in [4.78, 5) is 33.5. The van der Waals surface area contributed by atoms with Gasteiger partial charge in [0.25, 0.3) is 11.6 Å². The van der Waals surface area contributed by atoms with Crippen molar-refractivity contribution in [1.29, 1.82) is 0 Å². The first-order valence-corrected chi connectivity index (χ1v) is 9.34. The number of benzene rings is 1. The lowest BCUT2D eigenvalue weighted by Crippen LogP contribution is -2.39. The summed E-state index contributed by atoms with van der Waals surface area (Å²) in [7, 11) is 1.50. The van der Waals surface area contributed by atoms with Crippen molar-refractivity contribution in [2.75, 3.05) is 30.4 Å². The lowest BCUT2D eigenvalue weighted by atomic mass is 10.0. The van der Waals surface area contributed by atoms with Crippen LogP contribution >= 0.6 is 0 Å². The summed E-state index contributed by atoms with van der Waals surface area (Å²) < 4.78 is 0. The molecule has 2 N–H and O–H groups in total. The first-order valence-electron chi connectivity index (χ1n) is 9.34. The molecule has 0 spiro atoms. The number of nitrogens with one attached hydrogen (secondary N) is 2. The van der Waals surface area contributed by atoms with Crippen molar-refractivity contribution in [3.8, 4) is 0 Å². The van der Waals surface area contributed by atoms with Gasteiger partial charge in [0.05, 0.1) is 4.92 Å². The average Bonchev–Trinajstić information content (AvgIpc) is 2.73. The molecule has 0 unspecified atom stereocenters. The summed E-state index contributed by atoms with van der Waals surface area (Å²) in [6.45, 7) is 3.68. The number of hydrogen-bond donors (Lipinski definition) is 2. The SMILES string of the molecule is CCc1cc(N2CCC(Nc3ccc(C(=O)NC)cc3[N+](=O)[O-])CC2)ncn1. The van der Waals surface area contributed by atoms with Crippen LogP contribution in [0.3, 0.4) is 0 Å². The average molecular weight is 384 g/mol. The Morgan fingerprint density at radius 3 is 2.68 bits per heavy atom. The Kier molecular flexibility index (Phi) is 6.03. The fraction of sp³-hybridized carbons (Fsp3) is 0.421. The smallest absolute Gasteiger partial charge is 0.293 e. The number of amides is 1. The van der Waals surface area contributed by atoms with E-state index in [-0.39, 0.29) is 23.2 Å². The minimum atomic E-state index is -0.461. The predicted octanol–water partition coefficient (Wildman–Crippen LogP) is 2.39. The van der Waals surface area contributed by atoms with Gasteiger partial charge >= 0.3 is 0 Å². The molecule has 2 heterocycles. The molecule has 9 nitrogen and oxygen atoms in total. The molecule has 1 amide bonds. The fourth-order valence-electron chi connectivity index (χ4n) is 3.32. The molecule has 0 atom stereocenters. The first-order chi connectivity index (χ1) is 13.5. The van der Waals surface area contributed by atoms with Gasteiger partial charge in [0.15, 0.2) is 0 Å². The molecule has 1 aromatic carbocycles. The fourth-order valence-corrected chi connectivity index (χ4v) is 3.32. The number of hydrogen-bond acceptors (Lipinski definition) is 7. The van der Waals surface area contributed by atoms with Crippen molar-refractivity contribution < 1.29 is 9.72 Å². The zero-order valence-electron chi connectivity index (χ0n) is 16.0. The van der Waals surface area contributed by atoms with Crippen LogP contribution < -0.4 is 15.5 Å². The number of piperidine rings is 1. The summed E-state index contributed by atoms with van der Waals surface area (Å²) in [5.74, 6) is 0.575. The van der Waals surface area contributed by atoms with E-state index < -0.39 is 4.92 Å². The molecular weight excluding hydrogens is 360 g/mol. The standard InChI is InChI=1S/C19H24N6O3/c1-3-14-11-18(22-12-21-14)24-8-6-15(7-9-24)23-16-5-4-13(19(26)20-2)10-17(16)25(27)28/h4-5,10-12,15,23H,3,6-9H2,1-2H3,(H,20,26). The Balaban J connectivity index is 1.67. The van der Waals surface area contributed by atoms with Crippen LogP contribution in [0.1, 0.15) is 35.8 Å². The number of aryl methyl sites for hydroxylation is 1. The molecule has 9 heteroatoms. The van der Waals surface area contributed by atoms with Gasteiger partial charge in [-0.2, -0.15) is 0 Å². The monoisotopic (exact) mass is 384 g/mol. The Morgan fingerprint density at radius 2 is 2.04 bits per heavy atom. The van der Waals surface area contributed by atoms with Crippen molar-refractivity contribution in [3.05, 3.63) is 52.0 Å². The predicted molar refractivity (Wildman–Crippen MR) is 107 cm³/mol. The van der Waals surface area contributed by atoms with Crippen LogP contribution in [0, 0.1) is 10.1 Å². The molecule has 3 rings (SSSR count). The molecule has 1 aliphatic rings. The second-order valence-corrected chi connectivity index (χ2v) is 6.69. The van der Waals surface area contributed by atoms with Gasteiger partial charge in [-0.25, -0.2) is 9.97 Å². The Morgan fingerprint density at radius 1 is 1.29 bits per heavy atom. The normalized spacial score (nSPS) is 14.6. The number of rotatable bonds is 6. The highest BCUT2D eigenvalue weighted by atomic mass is 16.6. The highest BCUT2D eigenvalue weighted by molar-refractivity contribution is 5.95. The van der Waals surface area contributed by atoms with Gasteiger partial charge in [-0.05, 0) is 31.4 Å². The van der Waals surface area contributed by atoms with Gasteiger partial charge in [0.1, 0.15) is 17.8 Å². The maximum atomic E-state index is 11.7. The van der Waals surface area contributed by atoms with E-state index in [4.69, 9.17) is 0 Å². The van der Waals surface area contributed by atoms with E-state index in [1.807, 2.05) is 6.07 Å². The minimum absolute atomic E-state index is 0.0908. The quantitative estimate of drug-likeness (QED) is 0.581. The van der Waals surface area contributed by atoms with Gasteiger partial charge < -0.3 is 15.5 Å². The van der Waals surface area contributed by atoms with E-state index in [0.717, 1.165) is 43.9 Å². The molecule has 2 aromatic rings. The Bertz CT molecular complexity index is 864. The van der Waals surface area contributed by atoms with Crippen LogP contribution in [0.5, 0.6) is 0 Å². The second kappa shape index (κ2) is 8.64. The van der Waals surface area contributed by atoms with Crippen LogP contribution in [-0.4, -0.2) is 47.0 Å². The van der Waals surface area contributed by atoms with Crippen LogP contribution in [-0.2, 0) is 6.42 Å². The molecule has 0 radical (unpaired) electrons. The number of aromatic nitrogens is 2. The van der Waals surface area contributed by atoms with Crippen molar-refractivity contribution in [2.24, 2.45) is 0 Å². The van der Waals surface area contributed by atoms with Crippen molar-refractivity contribution >= 4 is 23.1 Å². The number of nitro benzene ring substituents is 1. The molecule has 28 heavy (non-hydrogen) atoms. The van der Waals surface area contributed by atoms with E-state index in [2.05, 4.69) is 32.4 Å². The topological polar surface area (TPSA) is 113 Å².